The van der Waals surface area contributed by atoms with E-state index in [0.717, 1.165) is 11.5 Å². The topological polar surface area (TPSA) is 59.9 Å². The van der Waals surface area contributed by atoms with Crippen molar-refractivity contribution in [3.05, 3.63) is 5.82 Å². The molecule has 1 heterocycles. The van der Waals surface area contributed by atoms with E-state index >= 15 is 0 Å². The number of halogens is 1. The first kappa shape index (κ1) is 11.9. The number of hydrogen-bond donors (Lipinski definition) is 0. The van der Waals surface area contributed by atoms with Crippen LogP contribution in [0.3, 0.4) is 0 Å². The Labute approximate surface area is 92.4 Å². The molecule has 1 atom stereocenters. The van der Waals surface area contributed by atoms with Crippen molar-refractivity contribution < 1.29 is 8.42 Å². The van der Waals surface area contributed by atoms with Gasteiger partial charge in [0.1, 0.15) is 5.82 Å². The molecular formula is C7H11ClN2O2S2. The second-order valence-electron chi connectivity index (χ2n) is 3.15. The fourth-order valence-corrected chi connectivity index (χ4v) is 3.61. The molecule has 0 bridgehead atoms. The van der Waals surface area contributed by atoms with Crippen LogP contribution in [-0.2, 0) is 9.84 Å². The van der Waals surface area contributed by atoms with Crippen LogP contribution >= 0.6 is 23.1 Å². The summed E-state index contributed by atoms with van der Waals surface area (Å²) in [6.07, 6.45) is 0. The van der Waals surface area contributed by atoms with Crippen LogP contribution in [0, 0.1) is 12.8 Å². The minimum Gasteiger partial charge on any atom is -0.221 e. The molecule has 7 heteroatoms. The summed E-state index contributed by atoms with van der Waals surface area (Å²) in [5, 5.41) is 0. The molecule has 4 nitrogen and oxygen atoms in total. The summed E-state index contributed by atoms with van der Waals surface area (Å²) in [5.41, 5.74) is 0. The third-order valence-electron chi connectivity index (χ3n) is 1.54. The number of nitrogens with zero attached hydrogens (tertiary/aromatic N) is 2. The fraction of sp³-hybridized carbons (Fsp3) is 0.714. The summed E-state index contributed by atoms with van der Waals surface area (Å²) < 4.78 is 27.3. The van der Waals surface area contributed by atoms with Gasteiger partial charge in [0.25, 0.3) is 0 Å². The van der Waals surface area contributed by atoms with E-state index in [-0.39, 0.29) is 16.0 Å². The van der Waals surface area contributed by atoms with Gasteiger partial charge in [-0.1, -0.05) is 6.92 Å². The van der Waals surface area contributed by atoms with E-state index in [1.54, 1.807) is 13.8 Å². The summed E-state index contributed by atoms with van der Waals surface area (Å²) in [6.45, 7) is 3.46. The molecule has 0 N–H and O–H groups in total. The predicted octanol–water partition coefficient (Wildman–Crippen LogP) is 1.50. The van der Waals surface area contributed by atoms with Crippen LogP contribution in [-0.4, -0.2) is 29.4 Å². The van der Waals surface area contributed by atoms with Crippen LogP contribution in [0.1, 0.15) is 12.7 Å². The van der Waals surface area contributed by atoms with E-state index in [0.29, 0.717) is 11.7 Å². The van der Waals surface area contributed by atoms with Gasteiger partial charge < -0.3 is 0 Å². The molecule has 0 saturated carbocycles. The molecule has 1 aromatic heterocycles. The maximum absolute atomic E-state index is 11.7. The van der Waals surface area contributed by atoms with Gasteiger partial charge in [-0.25, -0.2) is 13.4 Å². The quantitative estimate of drug-likeness (QED) is 0.764. The number of aromatic nitrogens is 2. The zero-order valence-corrected chi connectivity index (χ0v) is 10.3. The maximum atomic E-state index is 11.7. The van der Waals surface area contributed by atoms with E-state index in [4.69, 9.17) is 11.6 Å². The van der Waals surface area contributed by atoms with Gasteiger partial charge in [0, 0.05) is 5.88 Å². The third-order valence-corrected chi connectivity index (χ3v) is 5.29. The highest BCUT2D eigenvalue weighted by molar-refractivity contribution is 7.93. The summed E-state index contributed by atoms with van der Waals surface area (Å²) in [4.78, 5) is 3.85. The van der Waals surface area contributed by atoms with Gasteiger partial charge >= 0.3 is 0 Å². The van der Waals surface area contributed by atoms with Crippen molar-refractivity contribution in [2.75, 3.05) is 11.6 Å². The lowest BCUT2D eigenvalue weighted by Gasteiger charge is -2.04. The largest absolute Gasteiger partial charge is 0.228 e. The summed E-state index contributed by atoms with van der Waals surface area (Å²) in [7, 11) is -3.29. The molecule has 1 rings (SSSR count). The first-order chi connectivity index (χ1) is 6.45. The van der Waals surface area contributed by atoms with Crippen molar-refractivity contribution in [3.63, 3.8) is 0 Å². The van der Waals surface area contributed by atoms with Crippen molar-refractivity contribution in [1.82, 2.24) is 9.36 Å². The number of rotatable bonds is 4. The lowest BCUT2D eigenvalue weighted by atomic mass is 10.3. The SMILES string of the molecule is Cc1nsc(S(=O)(=O)CC(C)CCl)n1. The first-order valence-electron chi connectivity index (χ1n) is 4.04. The fourth-order valence-electron chi connectivity index (χ4n) is 0.895. The van der Waals surface area contributed by atoms with Gasteiger partial charge in [-0.05, 0) is 24.4 Å². The molecule has 0 aromatic carbocycles. The van der Waals surface area contributed by atoms with Crippen molar-refractivity contribution in [2.24, 2.45) is 5.92 Å². The van der Waals surface area contributed by atoms with Gasteiger partial charge in [0.2, 0.25) is 14.2 Å². The molecular weight excluding hydrogens is 244 g/mol. The molecule has 0 aliphatic rings. The Hall–Kier alpha value is -0.200. The van der Waals surface area contributed by atoms with E-state index in [9.17, 15) is 8.42 Å². The zero-order valence-electron chi connectivity index (χ0n) is 7.90. The van der Waals surface area contributed by atoms with Crippen molar-refractivity contribution >= 4 is 33.0 Å². The molecule has 0 spiro atoms. The maximum Gasteiger partial charge on any atom is 0.228 e. The van der Waals surface area contributed by atoms with Gasteiger partial charge in [-0.3, -0.25) is 0 Å². The predicted molar refractivity (Wildman–Crippen MR) is 56.6 cm³/mol. The molecule has 0 saturated heterocycles. The Bertz CT molecular complexity index is 402. The van der Waals surface area contributed by atoms with Gasteiger partial charge in [-0.15, -0.1) is 11.6 Å². The van der Waals surface area contributed by atoms with Crippen LogP contribution in [0.5, 0.6) is 0 Å². The van der Waals surface area contributed by atoms with Crippen LogP contribution in [0.2, 0.25) is 0 Å². The van der Waals surface area contributed by atoms with Crippen LogP contribution in [0.25, 0.3) is 0 Å². The summed E-state index contributed by atoms with van der Waals surface area (Å²) in [5.74, 6) is 0.792. The lowest BCUT2D eigenvalue weighted by molar-refractivity contribution is 0.582. The molecule has 0 amide bonds. The summed E-state index contributed by atoms with van der Waals surface area (Å²) in [6, 6.07) is 0. The van der Waals surface area contributed by atoms with Gasteiger partial charge in [0.05, 0.1) is 5.75 Å². The number of sulfone groups is 1. The number of aryl methyl sites for hydroxylation is 1. The Morgan fingerprint density at radius 1 is 1.57 bits per heavy atom. The van der Waals surface area contributed by atoms with Crippen molar-refractivity contribution in [2.45, 2.75) is 18.2 Å². The Kier molecular flexibility index (Phi) is 3.86. The minimum absolute atomic E-state index is 0.0329. The molecule has 1 aromatic rings. The van der Waals surface area contributed by atoms with Gasteiger partial charge in [0.15, 0.2) is 0 Å². The van der Waals surface area contributed by atoms with Gasteiger partial charge in [-0.2, -0.15) is 4.37 Å². The Morgan fingerprint density at radius 2 is 2.21 bits per heavy atom. The minimum atomic E-state index is -3.29. The standard InChI is InChI=1S/C7H11ClN2O2S2/c1-5(3-8)4-14(11,12)7-9-6(2)10-13-7/h5H,3-4H2,1-2H3. The highest BCUT2D eigenvalue weighted by atomic mass is 35.5. The lowest BCUT2D eigenvalue weighted by Crippen LogP contribution is -2.15. The summed E-state index contributed by atoms with van der Waals surface area (Å²) >= 11 is 6.47. The van der Waals surface area contributed by atoms with E-state index in [2.05, 4.69) is 9.36 Å². The van der Waals surface area contributed by atoms with Crippen molar-refractivity contribution in [1.29, 1.82) is 0 Å². The molecule has 0 aliphatic carbocycles. The monoisotopic (exact) mass is 254 g/mol. The number of hydrogen-bond acceptors (Lipinski definition) is 5. The highest BCUT2D eigenvalue weighted by Gasteiger charge is 2.21. The normalized spacial score (nSPS) is 14.2. The third kappa shape index (κ3) is 2.90. The molecule has 1 unspecified atom stereocenters. The zero-order chi connectivity index (χ0) is 10.8. The van der Waals surface area contributed by atoms with E-state index in [1.165, 1.54) is 0 Å². The second kappa shape index (κ2) is 4.55. The Morgan fingerprint density at radius 3 is 2.64 bits per heavy atom. The number of alkyl halides is 1. The molecule has 0 radical (unpaired) electrons. The highest BCUT2D eigenvalue weighted by Crippen LogP contribution is 2.16. The van der Waals surface area contributed by atoms with Crippen LogP contribution < -0.4 is 0 Å². The first-order valence-corrected chi connectivity index (χ1v) is 7.00. The molecule has 0 fully saturated rings. The average Bonchev–Trinajstić information content (AvgIpc) is 2.51. The second-order valence-corrected chi connectivity index (χ2v) is 6.42. The molecule has 14 heavy (non-hydrogen) atoms. The van der Waals surface area contributed by atoms with Crippen molar-refractivity contribution in [3.8, 4) is 0 Å². The average molecular weight is 255 g/mol. The Balaban J connectivity index is 2.86. The van der Waals surface area contributed by atoms with Crippen LogP contribution in [0.15, 0.2) is 4.34 Å². The van der Waals surface area contributed by atoms with E-state index in [1.807, 2.05) is 0 Å². The smallest absolute Gasteiger partial charge is 0.221 e. The molecule has 0 aliphatic heterocycles. The van der Waals surface area contributed by atoms with Crippen LogP contribution in [0.4, 0.5) is 0 Å². The van der Waals surface area contributed by atoms with E-state index < -0.39 is 9.84 Å². The molecule has 80 valence electrons.